The number of hydrogen-bond donors (Lipinski definition) is 0. The molecular formula is C22H20BrNO6S. The molecule has 0 bridgehead atoms. The Morgan fingerprint density at radius 2 is 1.84 bits per heavy atom. The maximum absolute atomic E-state index is 12.8. The number of amides is 2. The summed E-state index contributed by atoms with van der Waals surface area (Å²) >= 11 is 4.32. The predicted octanol–water partition coefficient (Wildman–Crippen LogP) is 4.55. The Kier molecular flexibility index (Phi) is 7.40. The minimum Gasteiger partial charge on any atom is -0.493 e. The average Bonchev–Trinajstić information content (AvgIpc) is 3.02. The van der Waals surface area contributed by atoms with Gasteiger partial charge in [-0.3, -0.25) is 14.5 Å². The van der Waals surface area contributed by atoms with Crippen molar-refractivity contribution < 1.29 is 28.6 Å². The van der Waals surface area contributed by atoms with Crippen LogP contribution in [0.3, 0.4) is 0 Å². The fourth-order valence-corrected chi connectivity index (χ4v) is 4.05. The highest BCUT2D eigenvalue weighted by Gasteiger charge is 2.35. The Balaban J connectivity index is 1.82. The van der Waals surface area contributed by atoms with E-state index >= 15 is 0 Å². The van der Waals surface area contributed by atoms with Gasteiger partial charge in [0, 0.05) is 4.47 Å². The molecule has 1 aliphatic heterocycles. The van der Waals surface area contributed by atoms with Crippen molar-refractivity contribution in [1.82, 2.24) is 4.90 Å². The van der Waals surface area contributed by atoms with E-state index in [0.29, 0.717) is 26.4 Å². The van der Waals surface area contributed by atoms with E-state index in [1.165, 1.54) is 19.1 Å². The summed E-state index contributed by atoms with van der Waals surface area (Å²) in [4.78, 5) is 38.1. The van der Waals surface area contributed by atoms with Crippen LogP contribution in [-0.2, 0) is 20.9 Å². The molecule has 31 heavy (non-hydrogen) atoms. The summed E-state index contributed by atoms with van der Waals surface area (Å²) in [6, 6.07) is 11.0. The number of hydrogen-bond acceptors (Lipinski definition) is 7. The van der Waals surface area contributed by atoms with E-state index in [2.05, 4.69) is 20.7 Å². The number of halogens is 1. The second-order valence-electron chi connectivity index (χ2n) is 6.64. The molecule has 2 aromatic rings. The molecule has 0 N–H and O–H groups in total. The lowest BCUT2D eigenvalue weighted by molar-refractivity contribution is -0.142. The Labute approximate surface area is 192 Å². The zero-order valence-corrected chi connectivity index (χ0v) is 19.5. The molecule has 1 heterocycles. The molecule has 2 amide bonds. The molecular weight excluding hydrogens is 486 g/mol. The van der Waals surface area contributed by atoms with Gasteiger partial charge in [-0.25, -0.2) is 4.79 Å². The van der Waals surface area contributed by atoms with Crippen LogP contribution in [0.5, 0.6) is 11.5 Å². The van der Waals surface area contributed by atoms with Gasteiger partial charge in [-0.05, 0) is 48.0 Å². The number of imide groups is 1. The van der Waals surface area contributed by atoms with Crippen LogP contribution in [0.2, 0.25) is 0 Å². The summed E-state index contributed by atoms with van der Waals surface area (Å²) in [5.74, 6) is -0.168. The third kappa shape index (κ3) is 5.48. The van der Waals surface area contributed by atoms with Crippen LogP contribution in [-0.4, -0.2) is 42.8 Å². The lowest BCUT2D eigenvalue weighted by atomic mass is 10.1. The Morgan fingerprint density at radius 3 is 2.48 bits per heavy atom. The molecule has 0 saturated carbocycles. The number of benzene rings is 2. The second kappa shape index (κ2) is 10.0. The summed E-state index contributed by atoms with van der Waals surface area (Å²) in [7, 11) is 2.74. The number of rotatable bonds is 7. The molecule has 1 aliphatic rings. The molecule has 1 fully saturated rings. The van der Waals surface area contributed by atoms with Crippen molar-refractivity contribution in [3.8, 4) is 11.5 Å². The maximum atomic E-state index is 12.8. The normalized spacial score (nSPS) is 14.8. The van der Waals surface area contributed by atoms with Crippen molar-refractivity contribution in [2.24, 2.45) is 0 Å². The van der Waals surface area contributed by atoms with Crippen molar-refractivity contribution >= 4 is 50.9 Å². The molecule has 0 atom stereocenters. The van der Waals surface area contributed by atoms with Crippen molar-refractivity contribution in [2.45, 2.75) is 13.5 Å². The van der Waals surface area contributed by atoms with Crippen LogP contribution in [0.1, 0.15) is 16.7 Å². The first-order valence-corrected chi connectivity index (χ1v) is 10.8. The van der Waals surface area contributed by atoms with Crippen molar-refractivity contribution in [2.75, 3.05) is 20.8 Å². The van der Waals surface area contributed by atoms with Gasteiger partial charge < -0.3 is 14.2 Å². The number of thioether (sulfide) groups is 1. The third-order valence-electron chi connectivity index (χ3n) is 4.48. The van der Waals surface area contributed by atoms with Crippen LogP contribution in [0.15, 0.2) is 45.8 Å². The first-order valence-electron chi connectivity index (χ1n) is 9.20. The van der Waals surface area contributed by atoms with Crippen molar-refractivity contribution in [1.29, 1.82) is 0 Å². The second-order valence-corrected chi connectivity index (χ2v) is 8.49. The number of methoxy groups -OCH3 is 2. The molecule has 2 aromatic carbocycles. The van der Waals surface area contributed by atoms with Gasteiger partial charge in [-0.1, -0.05) is 45.8 Å². The molecule has 0 aromatic heterocycles. The van der Waals surface area contributed by atoms with Gasteiger partial charge in [0.25, 0.3) is 11.1 Å². The van der Waals surface area contributed by atoms with Gasteiger partial charge in [0.15, 0.2) is 18.1 Å². The fourth-order valence-electron chi connectivity index (χ4n) is 2.78. The number of aryl methyl sites for hydroxylation is 1. The molecule has 3 rings (SSSR count). The Hall–Kier alpha value is -2.78. The van der Waals surface area contributed by atoms with E-state index in [1.54, 1.807) is 18.2 Å². The molecule has 1 saturated heterocycles. The standard InChI is InChI=1S/C22H20BrNO6S/c1-13-4-6-14(7-5-13)11-24-21(26)19(31-22(24)27)9-15-8-17(28-2)18(10-16(15)23)30-12-20(25)29-3/h4-10H,11-12H2,1-3H3/b19-9-. The molecule has 0 unspecified atom stereocenters. The van der Waals surface area contributed by atoms with Crippen LogP contribution < -0.4 is 9.47 Å². The van der Waals surface area contributed by atoms with Gasteiger partial charge >= 0.3 is 5.97 Å². The lowest BCUT2D eigenvalue weighted by Gasteiger charge is -2.13. The highest BCUT2D eigenvalue weighted by Crippen LogP contribution is 2.38. The summed E-state index contributed by atoms with van der Waals surface area (Å²) in [6.07, 6.45) is 1.62. The summed E-state index contributed by atoms with van der Waals surface area (Å²) in [5.41, 5.74) is 2.61. The quantitative estimate of drug-likeness (QED) is 0.403. The van der Waals surface area contributed by atoms with Crippen LogP contribution in [0.4, 0.5) is 4.79 Å². The van der Waals surface area contributed by atoms with Crippen molar-refractivity contribution in [3.05, 3.63) is 62.5 Å². The summed E-state index contributed by atoms with van der Waals surface area (Å²) < 4.78 is 15.9. The van der Waals surface area contributed by atoms with Gasteiger partial charge in [0.05, 0.1) is 25.7 Å². The molecule has 162 valence electrons. The van der Waals surface area contributed by atoms with Gasteiger partial charge in [-0.15, -0.1) is 0 Å². The van der Waals surface area contributed by atoms with Crippen molar-refractivity contribution in [3.63, 3.8) is 0 Å². The molecule has 9 heteroatoms. The molecule has 7 nitrogen and oxygen atoms in total. The first-order chi connectivity index (χ1) is 14.8. The van der Waals surface area contributed by atoms with E-state index in [-0.39, 0.29) is 24.3 Å². The van der Waals surface area contributed by atoms with Gasteiger partial charge in [-0.2, -0.15) is 0 Å². The van der Waals surface area contributed by atoms with E-state index in [9.17, 15) is 14.4 Å². The summed E-state index contributed by atoms with van der Waals surface area (Å²) in [6.45, 7) is 1.92. The fraction of sp³-hybridized carbons (Fsp3) is 0.227. The Bertz CT molecular complexity index is 1050. The zero-order valence-electron chi connectivity index (χ0n) is 17.1. The molecule has 0 aliphatic carbocycles. The minimum absolute atomic E-state index is 0.215. The first kappa shape index (κ1) is 22.9. The lowest BCUT2D eigenvalue weighted by Crippen LogP contribution is -2.27. The molecule has 0 spiro atoms. The topological polar surface area (TPSA) is 82.1 Å². The highest BCUT2D eigenvalue weighted by molar-refractivity contribution is 9.10. The Morgan fingerprint density at radius 1 is 1.13 bits per heavy atom. The van der Waals surface area contributed by atoms with Gasteiger partial charge in [0.1, 0.15) is 0 Å². The largest absolute Gasteiger partial charge is 0.493 e. The van der Waals surface area contributed by atoms with Gasteiger partial charge in [0.2, 0.25) is 0 Å². The average molecular weight is 506 g/mol. The smallest absolute Gasteiger partial charge is 0.343 e. The number of nitrogens with zero attached hydrogens (tertiary/aromatic N) is 1. The zero-order chi connectivity index (χ0) is 22.5. The predicted molar refractivity (Wildman–Crippen MR) is 121 cm³/mol. The van der Waals surface area contributed by atoms with E-state index in [4.69, 9.17) is 9.47 Å². The number of ether oxygens (including phenoxy) is 3. The van der Waals surface area contributed by atoms with E-state index < -0.39 is 5.97 Å². The van der Waals surface area contributed by atoms with E-state index in [0.717, 1.165) is 22.9 Å². The number of carbonyl (C=O) groups is 3. The number of esters is 1. The van der Waals surface area contributed by atoms with Crippen LogP contribution in [0, 0.1) is 6.92 Å². The third-order valence-corrected chi connectivity index (χ3v) is 6.07. The molecule has 0 radical (unpaired) electrons. The summed E-state index contributed by atoms with van der Waals surface area (Å²) in [5, 5.41) is -0.321. The minimum atomic E-state index is -0.524. The van der Waals surface area contributed by atoms with E-state index in [1.807, 2.05) is 31.2 Å². The SMILES string of the molecule is COC(=O)COc1cc(Br)c(/C=C2\SC(=O)N(Cc3ccc(C)cc3)C2=O)cc1OC. The van der Waals surface area contributed by atoms with Crippen LogP contribution >= 0.6 is 27.7 Å². The van der Waals surface area contributed by atoms with Crippen LogP contribution in [0.25, 0.3) is 6.08 Å². The highest BCUT2D eigenvalue weighted by atomic mass is 79.9. The monoisotopic (exact) mass is 505 g/mol. The maximum Gasteiger partial charge on any atom is 0.343 e. The number of carbonyl (C=O) groups excluding carboxylic acids is 3.